The van der Waals surface area contributed by atoms with Gasteiger partial charge in [0.05, 0.1) is 23.8 Å². The maximum Gasteiger partial charge on any atom is 0.256 e. The molecule has 136 valence electrons. The van der Waals surface area contributed by atoms with Crippen LogP contribution in [0.15, 0.2) is 36.7 Å². The van der Waals surface area contributed by atoms with E-state index in [9.17, 15) is 9.90 Å². The second-order valence-electron chi connectivity index (χ2n) is 7.29. The smallest absolute Gasteiger partial charge is 0.256 e. The van der Waals surface area contributed by atoms with Crippen molar-refractivity contribution in [3.05, 3.63) is 47.9 Å². The average molecular weight is 353 g/mol. The molecule has 0 spiro atoms. The molecule has 1 aromatic carbocycles. The van der Waals surface area contributed by atoms with Gasteiger partial charge in [-0.25, -0.2) is 4.68 Å². The maximum atomic E-state index is 13.1. The van der Waals surface area contributed by atoms with Crippen LogP contribution in [-0.2, 0) is 5.60 Å². The zero-order chi connectivity index (χ0) is 18.3. The summed E-state index contributed by atoms with van der Waals surface area (Å²) in [4.78, 5) is 18.0. The van der Waals surface area contributed by atoms with Gasteiger partial charge in [-0.05, 0) is 38.8 Å². The summed E-state index contributed by atoms with van der Waals surface area (Å²) in [5.41, 5.74) is 0.826. The molecule has 7 nitrogen and oxygen atoms in total. The van der Waals surface area contributed by atoms with Crippen molar-refractivity contribution in [3.63, 3.8) is 0 Å². The third kappa shape index (κ3) is 2.78. The summed E-state index contributed by atoms with van der Waals surface area (Å²) in [6.07, 6.45) is 4.90. The predicted octanol–water partition coefficient (Wildman–Crippen LogP) is 2.46. The Morgan fingerprint density at radius 3 is 2.96 bits per heavy atom. The van der Waals surface area contributed by atoms with Crippen LogP contribution >= 0.6 is 0 Å². The lowest BCUT2D eigenvalue weighted by atomic mass is 9.89. The maximum absolute atomic E-state index is 13.1. The number of amides is 1. The van der Waals surface area contributed by atoms with Crippen LogP contribution in [0.3, 0.4) is 0 Å². The molecule has 0 unspecified atom stereocenters. The van der Waals surface area contributed by atoms with E-state index in [-0.39, 0.29) is 18.5 Å². The number of likely N-dealkylation sites (tertiary alicyclic amines) is 1. The Kier molecular flexibility index (Phi) is 4.03. The predicted molar refractivity (Wildman–Crippen MR) is 97.7 cm³/mol. The number of benzene rings is 1. The Labute approximate surface area is 151 Å². The van der Waals surface area contributed by atoms with E-state index in [0.29, 0.717) is 24.2 Å². The van der Waals surface area contributed by atoms with E-state index in [1.54, 1.807) is 15.8 Å². The number of aromatic nitrogens is 4. The summed E-state index contributed by atoms with van der Waals surface area (Å²) in [7, 11) is 0. The molecule has 2 N–H and O–H groups in total. The van der Waals surface area contributed by atoms with E-state index in [4.69, 9.17) is 0 Å². The summed E-state index contributed by atoms with van der Waals surface area (Å²) in [5.74, 6) is -0.0765. The number of carbonyl (C=O) groups excluding carboxylic acids is 1. The fourth-order valence-electron chi connectivity index (χ4n) is 3.59. The van der Waals surface area contributed by atoms with Gasteiger partial charge in [0.2, 0.25) is 0 Å². The van der Waals surface area contributed by atoms with E-state index < -0.39 is 5.60 Å². The number of para-hydroxylation sites is 1. The first-order valence-corrected chi connectivity index (χ1v) is 8.98. The van der Waals surface area contributed by atoms with Gasteiger partial charge in [-0.15, -0.1) is 5.10 Å². The molecule has 0 bridgehead atoms. The number of nitrogens with zero attached hydrogens (tertiary/aromatic N) is 4. The van der Waals surface area contributed by atoms with Gasteiger partial charge in [-0.3, -0.25) is 4.79 Å². The van der Waals surface area contributed by atoms with Crippen LogP contribution in [0.2, 0.25) is 0 Å². The molecule has 1 aliphatic heterocycles. The third-order valence-electron chi connectivity index (χ3n) is 5.09. The minimum atomic E-state index is -1.16. The van der Waals surface area contributed by atoms with Crippen molar-refractivity contribution >= 4 is 16.8 Å². The van der Waals surface area contributed by atoms with Gasteiger partial charge < -0.3 is 15.0 Å². The van der Waals surface area contributed by atoms with Crippen LogP contribution in [0.1, 0.15) is 48.8 Å². The largest absolute Gasteiger partial charge is 0.382 e. The van der Waals surface area contributed by atoms with Gasteiger partial charge in [0.1, 0.15) is 11.3 Å². The molecule has 1 saturated heterocycles. The Morgan fingerprint density at radius 1 is 1.35 bits per heavy atom. The van der Waals surface area contributed by atoms with E-state index in [2.05, 4.69) is 15.3 Å². The first-order chi connectivity index (χ1) is 12.5. The standard InChI is InChI=1S/C19H23N5O2/c1-13(2)24-11-16(21-22-24)19(26)8-4-10-23(12-19)18(25)15-6-3-5-14-7-9-20-17(14)15/h3,5-7,9,11,13,20,26H,4,8,10,12H2,1-2H3/t19-/m0/s1. The molecule has 0 aliphatic carbocycles. The lowest BCUT2D eigenvalue weighted by Crippen LogP contribution is -2.48. The fraction of sp³-hybridized carbons (Fsp3) is 0.421. The number of β-amino-alcohol motifs (C(OH)–C–C–N with tert-alkyl or cyclic N) is 1. The molecular weight excluding hydrogens is 330 g/mol. The SMILES string of the molecule is CC(C)n1cc([C@]2(O)CCCN(C(=O)c3cccc4cc[nH]c34)C2)nn1. The first-order valence-electron chi connectivity index (χ1n) is 8.98. The van der Waals surface area contributed by atoms with Gasteiger partial charge >= 0.3 is 0 Å². The topological polar surface area (TPSA) is 87.0 Å². The molecule has 4 rings (SSSR count). The summed E-state index contributed by atoms with van der Waals surface area (Å²) >= 11 is 0. The van der Waals surface area contributed by atoms with E-state index in [1.807, 2.05) is 44.3 Å². The Bertz CT molecular complexity index is 944. The number of H-pyrrole nitrogens is 1. The molecule has 26 heavy (non-hydrogen) atoms. The molecule has 2 aromatic heterocycles. The van der Waals surface area contributed by atoms with Gasteiger partial charge in [-0.1, -0.05) is 17.3 Å². The van der Waals surface area contributed by atoms with E-state index >= 15 is 0 Å². The molecule has 0 saturated carbocycles. The normalized spacial score (nSPS) is 20.8. The summed E-state index contributed by atoms with van der Waals surface area (Å²) in [6.45, 7) is 4.86. The van der Waals surface area contributed by atoms with Crippen molar-refractivity contribution in [2.75, 3.05) is 13.1 Å². The highest BCUT2D eigenvalue weighted by Crippen LogP contribution is 2.31. The fourth-order valence-corrected chi connectivity index (χ4v) is 3.59. The molecule has 3 heterocycles. The number of aliphatic hydroxyl groups is 1. The van der Waals surface area contributed by atoms with E-state index in [1.165, 1.54) is 0 Å². The van der Waals surface area contributed by atoms with E-state index in [0.717, 1.165) is 17.3 Å². The number of nitrogens with one attached hydrogen (secondary N) is 1. The lowest BCUT2D eigenvalue weighted by molar-refractivity contribution is -0.0320. The van der Waals surface area contributed by atoms with Crippen molar-refractivity contribution in [2.24, 2.45) is 0 Å². The molecule has 1 aliphatic rings. The van der Waals surface area contributed by atoms with Gasteiger partial charge in [0, 0.05) is 24.2 Å². The minimum absolute atomic E-state index is 0.0765. The second-order valence-corrected chi connectivity index (χ2v) is 7.29. The zero-order valence-corrected chi connectivity index (χ0v) is 15.0. The van der Waals surface area contributed by atoms with Crippen LogP contribution < -0.4 is 0 Å². The second kappa shape index (κ2) is 6.25. The minimum Gasteiger partial charge on any atom is -0.382 e. The van der Waals surface area contributed by atoms with Crippen LogP contribution in [0.5, 0.6) is 0 Å². The van der Waals surface area contributed by atoms with Crippen molar-refractivity contribution in [2.45, 2.75) is 38.3 Å². The van der Waals surface area contributed by atoms with Crippen LogP contribution in [0.4, 0.5) is 0 Å². The highest BCUT2D eigenvalue weighted by molar-refractivity contribution is 6.05. The summed E-state index contributed by atoms with van der Waals surface area (Å²) in [5, 5.41) is 20.4. The molecule has 7 heteroatoms. The monoisotopic (exact) mass is 353 g/mol. The third-order valence-corrected chi connectivity index (χ3v) is 5.09. The van der Waals surface area contributed by atoms with Crippen molar-refractivity contribution in [1.29, 1.82) is 0 Å². The number of carbonyl (C=O) groups is 1. The quantitative estimate of drug-likeness (QED) is 0.757. The Hall–Kier alpha value is -2.67. The number of hydrogen-bond donors (Lipinski definition) is 2. The Morgan fingerprint density at radius 2 is 2.19 bits per heavy atom. The number of hydrogen-bond acceptors (Lipinski definition) is 4. The van der Waals surface area contributed by atoms with Gasteiger partial charge in [0.15, 0.2) is 0 Å². The highest BCUT2D eigenvalue weighted by atomic mass is 16.3. The van der Waals surface area contributed by atoms with Gasteiger partial charge in [-0.2, -0.15) is 0 Å². The van der Waals surface area contributed by atoms with Crippen molar-refractivity contribution in [3.8, 4) is 0 Å². The number of fused-ring (bicyclic) bond motifs is 1. The summed E-state index contributed by atoms with van der Waals surface area (Å²) < 4.78 is 1.73. The molecular formula is C19H23N5O2. The van der Waals surface area contributed by atoms with Gasteiger partial charge in [0.25, 0.3) is 5.91 Å². The first kappa shape index (κ1) is 16.8. The van der Waals surface area contributed by atoms with Crippen LogP contribution in [-0.4, -0.2) is 49.0 Å². The molecule has 1 amide bonds. The molecule has 1 atom stereocenters. The number of rotatable bonds is 3. The number of aromatic amines is 1. The summed E-state index contributed by atoms with van der Waals surface area (Å²) in [6, 6.07) is 7.80. The molecule has 0 radical (unpaired) electrons. The average Bonchev–Trinajstić information content (AvgIpc) is 3.30. The Balaban J connectivity index is 1.61. The molecule has 1 fully saturated rings. The van der Waals surface area contributed by atoms with Crippen LogP contribution in [0.25, 0.3) is 10.9 Å². The molecule has 3 aromatic rings. The zero-order valence-electron chi connectivity index (χ0n) is 15.0. The van der Waals surface area contributed by atoms with Crippen molar-refractivity contribution in [1.82, 2.24) is 24.9 Å². The van der Waals surface area contributed by atoms with Crippen molar-refractivity contribution < 1.29 is 9.90 Å². The highest BCUT2D eigenvalue weighted by Gasteiger charge is 2.39. The lowest BCUT2D eigenvalue weighted by Gasteiger charge is -2.38. The van der Waals surface area contributed by atoms with Crippen LogP contribution in [0, 0.1) is 0 Å². The number of piperidine rings is 1.